The zero-order valence-electron chi connectivity index (χ0n) is 15.8. The average Bonchev–Trinajstić information content (AvgIpc) is 3.22. The zero-order valence-corrected chi connectivity index (χ0v) is 16.6. The minimum Gasteiger partial charge on any atom is -0.339 e. The van der Waals surface area contributed by atoms with Gasteiger partial charge >= 0.3 is 0 Å². The standard InChI is InChI=1S/C22H19ClFN3O2/c1-13-10-17(16-6-5-15(24)12-20(16)25-13)21(28)26-19-7-4-14(23)11-18(19)22(29)27-8-2-3-9-27/h4-7,10-12H,2-3,8-9H2,1H3,(H,26,28). The minimum absolute atomic E-state index is 0.155. The first-order valence-corrected chi connectivity index (χ1v) is 9.77. The summed E-state index contributed by atoms with van der Waals surface area (Å²) in [7, 11) is 0. The van der Waals surface area contributed by atoms with Gasteiger partial charge in [-0.05, 0) is 56.2 Å². The van der Waals surface area contributed by atoms with Crippen LogP contribution in [0, 0.1) is 12.7 Å². The Balaban J connectivity index is 1.71. The maximum atomic E-state index is 13.6. The van der Waals surface area contributed by atoms with Gasteiger partial charge < -0.3 is 10.2 Å². The van der Waals surface area contributed by atoms with Crippen molar-refractivity contribution in [3.05, 3.63) is 70.1 Å². The molecule has 29 heavy (non-hydrogen) atoms. The van der Waals surface area contributed by atoms with Gasteiger partial charge in [0, 0.05) is 35.3 Å². The van der Waals surface area contributed by atoms with Crippen LogP contribution in [0.15, 0.2) is 42.5 Å². The van der Waals surface area contributed by atoms with Gasteiger partial charge in [-0.15, -0.1) is 0 Å². The molecule has 0 saturated carbocycles. The Morgan fingerprint density at radius 1 is 1.07 bits per heavy atom. The highest BCUT2D eigenvalue weighted by Crippen LogP contribution is 2.26. The number of likely N-dealkylation sites (tertiary alicyclic amines) is 1. The second kappa shape index (κ2) is 7.79. The van der Waals surface area contributed by atoms with Crippen LogP contribution in [-0.2, 0) is 0 Å². The topological polar surface area (TPSA) is 62.3 Å². The summed E-state index contributed by atoms with van der Waals surface area (Å²) in [4.78, 5) is 32.0. The normalized spacial score (nSPS) is 13.7. The van der Waals surface area contributed by atoms with E-state index in [2.05, 4.69) is 10.3 Å². The SMILES string of the molecule is Cc1cc(C(=O)Nc2ccc(Cl)cc2C(=O)N2CCCC2)c2ccc(F)cc2n1. The van der Waals surface area contributed by atoms with E-state index >= 15 is 0 Å². The number of fused-ring (bicyclic) bond motifs is 1. The number of aryl methyl sites for hydroxylation is 1. The number of pyridine rings is 1. The summed E-state index contributed by atoms with van der Waals surface area (Å²) in [6.45, 7) is 3.13. The van der Waals surface area contributed by atoms with Crippen molar-refractivity contribution in [3.63, 3.8) is 0 Å². The summed E-state index contributed by atoms with van der Waals surface area (Å²) in [5.41, 5.74) is 2.11. The fourth-order valence-corrected chi connectivity index (χ4v) is 3.78. The van der Waals surface area contributed by atoms with Gasteiger partial charge in [-0.3, -0.25) is 14.6 Å². The van der Waals surface area contributed by atoms with E-state index in [1.807, 2.05) is 0 Å². The number of hydrogen-bond acceptors (Lipinski definition) is 3. The van der Waals surface area contributed by atoms with E-state index in [-0.39, 0.29) is 5.91 Å². The summed E-state index contributed by atoms with van der Waals surface area (Å²) >= 11 is 6.11. The molecular formula is C22H19ClFN3O2. The maximum absolute atomic E-state index is 13.6. The number of rotatable bonds is 3. The average molecular weight is 412 g/mol. The molecule has 0 radical (unpaired) electrons. The predicted molar refractivity (Wildman–Crippen MR) is 111 cm³/mol. The van der Waals surface area contributed by atoms with Crippen molar-refractivity contribution in [3.8, 4) is 0 Å². The molecule has 1 saturated heterocycles. The number of benzene rings is 2. The van der Waals surface area contributed by atoms with E-state index in [1.54, 1.807) is 36.1 Å². The van der Waals surface area contributed by atoms with Gasteiger partial charge in [0.25, 0.3) is 11.8 Å². The Morgan fingerprint density at radius 3 is 2.59 bits per heavy atom. The molecule has 2 heterocycles. The van der Waals surface area contributed by atoms with E-state index in [0.29, 0.717) is 51.5 Å². The highest BCUT2D eigenvalue weighted by Gasteiger charge is 2.23. The lowest BCUT2D eigenvalue weighted by atomic mass is 10.1. The number of aromatic nitrogens is 1. The number of amides is 2. The lowest BCUT2D eigenvalue weighted by Gasteiger charge is -2.18. The van der Waals surface area contributed by atoms with Gasteiger partial charge in [-0.1, -0.05) is 11.6 Å². The van der Waals surface area contributed by atoms with Crippen LogP contribution in [0.3, 0.4) is 0 Å². The van der Waals surface area contributed by atoms with Crippen LogP contribution >= 0.6 is 11.6 Å². The van der Waals surface area contributed by atoms with Gasteiger partial charge in [-0.25, -0.2) is 4.39 Å². The fraction of sp³-hybridized carbons (Fsp3) is 0.227. The predicted octanol–water partition coefficient (Wildman–Crippen LogP) is 4.82. The van der Waals surface area contributed by atoms with Crippen LogP contribution in [0.1, 0.15) is 39.3 Å². The maximum Gasteiger partial charge on any atom is 0.256 e. The lowest BCUT2D eigenvalue weighted by molar-refractivity contribution is 0.0794. The second-order valence-corrected chi connectivity index (χ2v) is 7.55. The lowest BCUT2D eigenvalue weighted by Crippen LogP contribution is -2.29. The molecule has 7 heteroatoms. The number of nitrogens with one attached hydrogen (secondary N) is 1. The third-order valence-electron chi connectivity index (χ3n) is 5.00. The third kappa shape index (κ3) is 3.93. The molecule has 1 N–H and O–H groups in total. The minimum atomic E-state index is -0.418. The van der Waals surface area contributed by atoms with Crippen molar-refractivity contribution in [1.82, 2.24) is 9.88 Å². The molecule has 1 aliphatic heterocycles. The van der Waals surface area contributed by atoms with Crippen LogP contribution in [0.4, 0.5) is 10.1 Å². The molecule has 0 atom stereocenters. The number of carbonyl (C=O) groups is 2. The van der Waals surface area contributed by atoms with Crippen LogP contribution in [0.5, 0.6) is 0 Å². The van der Waals surface area contributed by atoms with E-state index < -0.39 is 11.7 Å². The molecule has 2 amide bonds. The second-order valence-electron chi connectivity index (χ2n) is 7.12. The Bertz CT molecular complexity index is 1120. The molecular weight excluding hydrogens is 393 g/mol. The van der Waals surface area contributed by atoms with Crippen molar-refractivity contribution >= 4 is 40.0 Å². The highest BCUT2D eigenvalue weighted by molar-refractivity contribution is 6.31. The zero-order chi connectivity index (χ0) is 20.5. The molecule has 0 unspecified atom stereocenters. The third-order valence-corrected chi connectivity index (χ3v) is 5.23. The molecule has 1 aliphatic rings. The van der Waals surface area contributed by atoms with Crippen molar-refractivity contribution in [2.45, 2.75) is 19.8 Å². The Morgan fingerprint density at radius 2 is 1.83 bits per heavy atom. The first-order chi connectivity index (χ1) is 13.9. The summed E-state index contributed by atoms with van der Waals surface area (Å²) < 4.78 is 13.6. The number of nitrogens with zero attached hydrogens (tertiary/aromatic N) is 2. The number of carbonyl (C=O) groups excluding carboxylic acids is 2. The van der Waals surface area contributed by atoms with Crippen LogP contribution in [0.2, 0.25) is 5.02 Å². The van der Waals surface area contributed by atoms with E-state index in [4.69, 9.17) is 11.6 Å². The molecule has 0 bridgehead atoms. The van der Waals surface area contributed by atoms with Crippen LogP contribution < -0.4 is 5.32 Å². The van der Waals surface area contributed by atoms with Crippen molar-refractivity contribution in [2.75, 3.05) is 18.4 Å². The summed E-state index contributed by atoms with van der Waals surface area (Å²) in [6, 6.07) is 10.6. The summed E-state index contributed by atoms with van der Waals surface area (Å²) in [6.07, 6.45) is 1.93. The first kappa shape index (κ1) is 19.3. The van der Waals surface area contributed by atoms with Crippen molar-refractivity contribution in [2.24, 2.45) is 0 Å². The number of anilines is 1. The van der Waals surface area contributed by atoms with Gasteiger partial charge in [0.05, 0.1) is 22.3 Å². The van der Waals surface area contributed by atoms with Crippen LogP contribution in [-0.4, -0.2) is 34.8 Å². The highest BCUT2D eigenvalue weighted by atomic mass is 35.5. The quantitative estimate of drug-likeness (QED) is 0.671. The number of halogens is 2. The summed E-state index contributed by atoms with van der Waals surface area (Å²) in [5.74, 6) is -0.971. The molecule has 4 rings (SSSR count). The Hall–Kier alpha value is -2.99. The summed E-state index contributed by atoms with van der Waals surface area (Å²) in [5, 5.41) is 3.79. The molecule has 1 aromatic heterocycles. The van der Waals surface area contributed by atoms with Gasteiger partial charge in [0.1, 0.15) is 5.82 Å². The monoisotopic (exact) mass is 411 g/mol. The number of hydrogen-bond donors (Lipinski definition) is 1. The first-order valence-electron chi connectivity index (χ1n) is 9.39. The van der Waals surface area contributed by atoms with Crippen molar-refractivity contribution in [1.29, 1.82) is 0 Å². The van der Waals surface area contributed by atoms with E-state index in [9.17, 15) is 14.0 Å². The molecule has 5 nitrogen and oxygen atoms in total. The smallest absolute Gasteiger partial charge is 0.256 e. The molecule has 2 aromatic carbocycles. The van der Waals surface area contributed by atoms with Crippen molar-refractivity contribution < 1.29 is 14.0 Å². The molecule has 3 aromatic rings. The molecule has 148 valence electrons. The van der Waals surface area contributed by atoms with Gasteiger partial charge in [0.2, 0.25) is 0 Å². The molecule has 0 spiro atoms. The Kier molecular flexibility index (Phi) is 5.20. The van der Waals surface area contributed by atoms with E-state index in [0.717, 1.165) is 12.8 Å². The van der Waals surface area contributed by atoms with Crippen LogP contribution in [0.25, 0.3) is 10.9 Å². The molecule has 1 fully saturated rings. The van der Waals surface area contributed by atoms with E-state index in [1.165, 1.54) is 18.2 Å². The van der Waals surface area contributed by atoms with Gasteiger partial charge in [-0.2, -0.15) is 0 Å². The molecule has 0 aliphatic carbocycles. The largest absolute Gasteiger partial charge is 0.339 e. The Labute approximate surface area is 172 Å². The fourth-order valence-electron chi connectivity index (χ4n) is 3.60. The van der Waals surface area contributed by atoms with Gasteiger partial charge in [0.15, 0.2) is 0 Å².